The van der Waals surface area contributed by atoms with Gasteiger partial charge < -0.3 is 15.2 Å². The van der Waals surface area contributed by atoms with Crippen LogP contribution < -0.4 is 5.32 Å². The lowest BCUT2D eigenvalue weighted by Gasteiger charge is -2.63. The minimum absolute atomic E-state index is 0.153. The van der Waals surface area contributed by atoms with Gasteiger partial charge in [-0.15, -0.1) is 0 Å². The number of hydrogen-bond acceptors (Lipinski definition) is 4. The number of aliphatic hydroxyl groups is 1. The molecule has 6 rings (SSSR count). The van der Waals surface area contributed by atoms with Crippen LogP contribution in [-0.2, 0) is 10.2 Å². The van der Waals surface area contributed by atoms with Crippen molar-refractivity contribution in [2.45, 2.75) is 43.1 Å². The minimum atomic E-state index is -0.675. The van der Waals surface area contributed by atoms with Crippen molar-refractivity contribution >= 4 is 5.69 Å². The van der Waals surface area contributed by atoms with Gasteiger partial charge in [0.15, 0.2) is 0 Å². The zero-order valence-electron chi connectivity index (χ0n) is 13.5. The molecule has 2 N–H and O–H groups in total. The summed E-state index contributed by atoms with van der Waals surface area (Å²) in [5.74, 6) is 1.66. The summed E-state index contributed by atoms with van der Waals surface area (Å²) in [6.45, 7) is 5.06. The molecule has 1 saturated carbocycles. The second-order valence-electron chi connectivity index (χ2n) is 8.39. The lowest BCUT2D eigenvalue weighted by molar-refractivity contribution is -0.247. The maximum atomic E-state index is 11.9. The molecule has 0 amide bonds. The summed E-state index contributed by atoms with van der Waals surface area (Å²) < 4.78 is 6.19. The summed E-state index contributed by atoms with van der Waals surface area (Å²) >= 11 is 0. The Kier molecular flexibility index (Phi) is 2.26. The van der Waals surface area contributed by atoms with E-state index in [0.717, 1.165) is 32.5 Å². The maximum Gasteiger partial charge on any atom is 0.130 e. The van der Waals surface area contributed by atoms with Gasteiger partial charge in [0.05, 0.1) is 18.1 Å². The van der Waals surface area contributed by atoms with E-state index in [1.807, 2.05) is 0 Å². The van der Waals surface area contributed by atoms with Crippen molar-refractivity contribution < 1.29 is 9.84 Å². The third kappa shape index (κ3) is 1.26. The molecule has 3 saturated heterocycles. The second kappa shape index (κ2) is 3.93. The summed E-state index contributed by atoms with van der Waals surface area (Å²) in [5, 5.41) is 15.7. The first-order valence-corrected chi connectivity index (χ1v) is 9.10. The highest BCUT2D eigenvalue weighted by Crippen LogP contribution is 2.66. The molecule has 2 bridgehead atoms. The van der Waals surface area contributed by atoms with Crippen molar-refractivity contribution in [2.24, 2.45) is 17.8 Å². The molecular weight excluding hydrogens is 288 g/mol. The lowest BCUT2D eigenvalue weighted by Crippen LogP contribution is -2.74. The van der Waals surface area contributed by atoms with Crippen molar-refractivity contribution in [3.8, 4) is 0 Å². The Hall–Kier alpha value is -1.10. The van der Waals surface area contributed by atoms with Crippen LogP contribution in [0, 0.1) is 17.8 Å². The first-order valence-electron chi connectivity index (χ1n) is 9.10. The van der Waals surface area contributed by atoms with Crippen molar-refractivity contribution in [1.29, 1.82) is 0 Å². The van der Waals surface area contributed by atoms with Crippen LogP contribution >= 0.6 is 0 Å². The normalized spacial score (nSPS) is 52.7. The highest BCUT2D eigenvalue weighted by atomic mass is 16.5. The van der Waals surface area contributed by atoms with Crippen LogP contribution in [0.2, 0.25) is 0 Å². The molecule has 0 radical (unpaired) electrons. The molecule has 4 heteroatoms. The van der Waals surface area contributed by atoms with Gasteiger partial charge in [-0.3, -0.25) is 4.90 Å². The average Bonchev–Trinajstić information content (AvgIpc) is 3.06. The highest BCUT2D eigenvalue weighted by molar-refractivity contribution is 5.65. The molecule has 4 fully saturated rings. The van der Waals surface area contributed by atoms with Crippen LogP contribution in [0.5, 0.6) is 0 Å². The fourth-order valence-corrected chi connectivity index (χ4v) is 6.90. The molecule has 0 unspecified atom stereocenters. The minimum Gasteiger partial charge on any atom is -0.381 e. The molecular formula is C19H24N2O2. The fraction of sp³-hybridized carbons (Fsp3) is 0.684. The Morgan fingerprint density at radius 2 is 2.13 bits per heavy atom. The fourth-order valence-electron chi connectivity index (χ4n) is 6.90. The van der Waals surface area contributed by atoms with Gasteiger partial charge >= 0.3 is 0 Å². The molecule has 1 aliphatic carbocycles. The Bertz CT molecular complexity index is 694. The van der Waals surface area contributed by atoms with Crippen LogP contribution in [0.3, 0.4) is 0 Å². The number of hydrogen-bond donors (Lipinski definition) is 2. The first-order chi connectivity index (χ1) is 11.1. The predicted molar refractivity (Wildman–Crippen MR) is 87.2 cm³/mol. The van der Waals surface area contributed by atoms with E-state index in [9.17, 15) is 5.11 Å². The molecule has 23 heavy (non-hydrogen) atoms. The Morgan fingerprint density at radius 3 is 3.04 bits per heavy atom. The summed E-state index contributed by atoms with van der Waals surface area (Å²) in [7, 11) is 0. The quantitative estimate of drug-likeness (QED) is 0.767. The summed E-state index contributed by atoms with van der Waals surface area (Å²) in [4.78, 5) is 2.38. The molecule has 0 aromatic heterocycles. The largest absolute Gasteiger partial charge is 0.381 e. The maximum absolute atomic E-state index is 11.9. The number of nitrogens with zero attached hydrogens (tertiary/aromatic N) is 1. The highest BCUT2D eigenvalue weighted by Gasteiger charge is 2.74. The molecule has 1 spiro atoms. The van der Waals surface area contributed by atoms with Gasteiger partial charge in [0.2, 0.25) is 0 Å². The predicted octanol–water partition coefficient (Wildman–Crippen LogP) is 1.80. The zero-order chi connectivity index (χ0) is 15.4. The van der Waals surface area contributed by atoms with E-state index < -0.39 is 5.72 Å². The number of piperidine rings is 1. The van der Waals surface area contributed by atoms with Gasteiger partial charge in [-0.1, -0.05) is 18.2 Å². The number of benzene rings is 1. The number of anilines is 1. The number of ether oxygens (including phenoxy) is 1. The summed E-state index contributed by atoms with van der Waals surface area (Å²) in [6.07, 6.45) is 2.29. The molecule has 7 atom stereocenters. The van der Waals surface area contributed by atoms with E-state index >= 15 is 0 Å². The third-order valence-electron chi connectivity index (χ3n) is 7.90. The number of para-hydroxylation sites is 1. The van der Waals surface area contributed by atoms with E-state index in [2.05, 4.69) is 41.4 Å². The smallest absolute Gasteiger partial charge is 0.130 e. The zero-order valence-corrected chi connectivity index (χ0v) is 13.5. The van der Waals surface area contributed by atoms with Gasteiger partial charge in [-0.05, 0) is 37.3 Å². The van der Waals surface area contributed by atoms with E-state index in [1.165, 1.54) is 11.3 Å². The molecule has 1 aromatic carbocycles. The van der Waals surface area contributed by atoms with Crippen molar-refractivity contribution in [2.75, 3.05) is 25.0 Å². The SMILES string of the molecule is C[C@@H]1OC[C@@H]2[C@H]3C[C@]4(O)N(CC[C@@]45c4ccccc4N[C@@H]25)C[C@H]31. The Balaban J connectivity index is 1.60. The van der Waals surface area contributed by atoms with Gasteiger partial charge in [-0.25, -0.2) is 0 Å². The standard InChI is InChI=1S/C19H24N2O2/c1-11-13-9-21-7-6-18-15-4-2-3-5-16(15)20-17(18)14(10-23-11)12(13)8-19(18,21)22/h2-5,11-14,17,20,22H,6-10H2,1H3/t11-,12-,13-,14+,17-,18-,19+/m0/s1. The third-order valence-corrected chi connectivity index (χ3v) is 7.90. The van der Waals surface area contributed by atoms with E-state index in [1.54, 1.807) is 0 Å². The Morgan fingerprint density at radius 1 is 1.26 bits per heavy atom. The van der Waals surface area contributed by atoms with Crippen LogP contribution in [-0.4, -0.2) is 47.6 Å². The molecule has 4 heterocycles. The summed E-state index contributed by atoms with van der Waals surface area (Å²) in [6, 6.07) is 8.96. The van der Waals surface area contributed by atoms with Crippen LogP contribution in [0.4, 0.5) is 5.69 Å². The monoisotopic (exact) mass is 312 g/mol. The number of nitrogens with one attached hydrogen (secondary N) is 1. The molecule has 5 aliphatic rings. The van der Waals surface area contributed by atoms with Crippen LogP contribution in [0.25, 0.3) is 0 Å². The van der Waals surface area contributed by atoms with Gasteiger partial charge in [-0.2, -0.15) is 0 Å². The van der Waals surface area contributed by atoms with Crippen molar-refractivity contribution in [3.05, 3.63) is 29.8 Å². The van der Waals surface area contributed by atoms with Gasteiger partial charge in [0.25, 0.3) is 0 Å². The van der Waals surface area contributed by atoms with Gasteiger partial charge in [0, 0.05) is 36.7 Å². The summed E-state index contributed by atoms with van der Waals surface area (Å²) in [5.41, 5.74) is 1.74. The number of fused-ring (bicyclic) bond motifs is 2. The number of rotatable bonds is 0. The second-order valence-corrected chi connectivity index (χ2v) is 8.39. The average molecular weight is 312 g/mol. The van der Waals surface area contributed by atoms with Crippen LogP contribution in [0.15, 0.2) is 24.3 Å². The van der Waals surface area contributed by atoms with Crippen molar-refractivity contribution in [3.63, 3.8) is 0 Å². The topological polar surface area (TPSA) is 44.7 Å². The first kappa shape index (κ1) is 13.2. The van der Waals surface area contributed by atoms with E-state index in [-0.39, 0.29) is 5.41 Å². The van der Waals surface area contributed by atoms with Crippen LogP contribution in [0.1, 0.15) is 25.3 Å². The molecule has 122 valence electrons. The molecule has 4 nitrogen and oxygen atoms in total. The van der Waals surface area contributed by atoms with Crippen molar-refractivity contribution in [1.82, 2.24) is 4.90 Å². The van der Waals surface area contributed by atoms with E-state index in [0.29, 0.717) is 29.9 Å². The molecule has 4 aliphatic heterocycles. The molecule has 1 aromatic rings. The van der Waals surface area contributed by atoms with Gasteiger partial charge in [0.1, 0.15) is 5.72 Å². The van der Waals surface area contributed by atoms with E-state index in [4.69, 9.17) is 4.74 Å². The lowest BCUT2D eigenvalue weighted by atomic mass is 9.52. The Labute approximate surface area is 136 Å².